The third kappa shape index (κ3) is 3.50. The molecule has 3 rings (SSSR count). The highest BCUT2D eigenvalue weighted by molar-refractivity contribution is 5.74. The Labute approximate surface area is 156 Å². The standard InChI is InChI=1S/C18H27NO8/c1-2-8-3-9-5-18(7-19,10(9)4-8)6-11(20)26-17-14(23)12(21)13(22)15(27-17)16(24)25/h4,9-10,12-15,17,21-23H,2-3,5-7,19H2,1H3,(H,24,25)/t9-,10-,12+,13+,14-,15+,17-,18-/m1/s1. The van der Waals surface area contributed by atoms with E-state index in [0.717, 1.165) is 19.3 Å². The summed E-state index contributed by atoms with van der Waals surface area (Å²) in [6, 6.07) is 0. The van der Waals surface area contributed by atoms with Crippen LogP contribution in [0.2, 0.25) is 0 Å². The van der Waals surface area contributed by atoms with Gasteiger partial charge in [-0.3, -0.25) is 4.79 Å². The minimum Gasteiger partial charge on any atom is -0.479 e. The van der Waals surface area contributed by atoms with Gasteiger partial charge in [0.25, 0.3) is 0 Å². The van der Waals surface area contributed by atoms with E-state index >= 15 is 0 Å². The molecule has 1 saturated carbocycles. The van der Waals surface area contributed by atoms with Crippen LogP contribution in [0.4, 0.5) is 0 Å². The Morgan fingerprint density at radius 1 is 1.30 bits per heavy atom. The molecule has 2 fully saturated rings. The smallest absolute Gasteiger partial charge is 0.335 e. The molecule has 9 heteroatoms. The maximum atomic E-state index is 12.4. The highest BCUT2D eigenvalue weighted by Gasteiger charge is 2.55. The number of nitrogens with two attached hydrogens (primary N) is 1. The minimum absolute atomic E-state index is 0.0150. The van der Waals surface area contributed by atoms with Crippen LogP contribution in [-0.4, -0.2) is 69.6 Å². The monoisotopic (exact) mass is 385 g/mol. The van der Waals surface area contributed by atoms with Gasteiger partial charge in [-0.05, 0) is 43.1 Å². The molecule has 0 unspecified atom stereocenters. The summed E-state index contributed by atoms with van der Waals surface area (Å²) in [6.07, 6.45) is -3.86. The number of hydrogen-bond donors (Lipinski definition) is 5. The number of ether oxygens (including phenoxy) is 2. The number of fused-ring (bicyclic) bond motifs is 1. The zero-order valence-electron chi connectivity index (χ0n) is 15.2. The second-order valence-electron chi connectivity index (χ2n) is 7.84. The van der Waals surface area contributed by atoms with Crippen LogP contribution < -0.4 is 5.73 Å². The fraction of sp³-hybridized carbons (Fsp3) is 0.778. The molecule has 0 spiro atoms. The molecule has 9 nitrogen and oxygen atoms in total. The second kappa shape index (κ2) is 7.48. The number of aliphatic carboxylic acids is 1. The van der Waals surface area contributed by atoms with Gasteiger partial charge in [-0.1, -0.05) is 18.6 Å². The molecule has 0 aromatic heterocycles. The molecule has 6 N–H and O–H groups in total. The average molecular weight is 385 g/mol. The first-order chi connectivity index (χ1) is 12.7. The molecular weight excluding hydrogens is 358 g/mol. The van der Waals surface area contributed by atoms with Crippen molar-refractivity contribution in [3.05, 3.63) is 11.6 Å². The molecule has 152 valence electrons. The summed E-state index contributed by atoms with van der Waals surface area (Å²) >= 11 is 0. The summed E-state index contributed by atoms with van der Waals surface area (Å²) in [4.78, 5) is 23.6. The van der Waals surface area contributed by atoms with Crippen LogP contribution in [0.1, 0.15) is 32.6 Å². The average Bonchev–Trinajstić information content (AvgIpc) is 2.97. The van der Waals surface area contributed by atoms with Gasteiger partial charge in [0.2, 0.25) is 6.29 Å². The van der Waals surface area contributed by atoms with Crippen molar-refractivity contribution in [2.24, 2.45) is 23.0 Å². The molecule has 27 heavy (non-hydrogen) atoms. The first-order valence-corrected chi connectivity index (χ1v) is 9.24. The van der Waals surface area contributed by atoms with Crippen LogP contribution in [0.3, 0.4) is 0 Å². The Hall–Kier alpha value is -1.52. The van der Waals surface area contributed by atoms with E-state index in [4.69, 9.17) is 20.3 Å². The van der Waals surface area contributed by atoms with Gasteiger partial charge >= 0.3 is 11.9 Å². The number of allylic oxidation sites excluding steroid dienone is 2. The number of carbonyl (C=O) groups is 2. The van der Waals surface area contributed by atoms with Crippen molar-refractivity contribution in [1.29, 1.82) is 0 Å². The number of aliphatic hydroxyl groups excluding tert-OH is 3. The number of carboxylic acids is 1. The minimum atomic E-state index is -1.83. The van der Waals surface area contributed by atoms with Gasteiger partial charge in [0.1, 0.15) is 18.3 Å². The SMILES string of the molecule is CCC1=C[C@@H]2[C@H](C1)C[C@]2(CN)CC(=O)O[C@@H]1O[C@H](C(=O)O)[C@@H](O)[C@H](O)[C@H]1O. The van der Waals surface area contributed by atoms with Gasteiger partial charge in [0.15, 0.2) is 6.10 Å². The van der Waals surface area contributed by atoms with E-state index in [1.807, 2.05) is 0 Å². The molecular formula is C18H27NO8. The number of carboxylic acid groups (broad SMARTS) is 1. The zero-order valence-corrected chi connectivity index (χ0v) is 15.2. The summed E-state index contributed by atoms with van der Waals surface area (Å²) in [7, 11) is 0. The highest BCUT2D eigenvalue weighted by Crippen LogP contribution is 2.59. The Kier molecular flexibility index (Phi) is 5.60. The topological polar surface area (TPSA) is 160 Å². The summed E-state index contributed by atoms with van der Waals surface area (Å²) in [6.45, 7) is 2.40. The molecule has 3 aliphatic rings. The normalized spacial score (nSPS) is 43.4. The maximum absolute atomic E-state index is 12.4. The van der Waals surface area contributed by atoms with Crippen molar-refractivity contribution >= 4 is 11.9 Å². The van der Waals surface area contributed by atoms with Gasteiger partial charge in [0, 0.05) is 0 Å². The van der Waals surface area contributed by atoms with Crippen LogP contribution in [0.15, 0.2) is 11.6 Å². The van der Waals surface area contributed by atoms with Crippen molar-refractivity contribution in [1.82, 2.24) is 0 Å². The first kappa shape index (κ1) is 20.2. The van der Waals surface area contributed by atoms with E-state index in [1.165, 1.54) is 5.57 Å². The summed E-state index contributed by atoms with van der Waals surface area (Å²) in [5.74, 6) is -1.52. The van der Waals surface area contributed by atoms with Crippen LogP contribution in [0.25, 0.3) is 0 Å². The number of carbonyl (C=O) groups excluding carboxylic acids is 1. The molecule has 0 aromatic carbocycles. The Balaban J connectivity index is 1.65. The predicted molar refractivity (Wildman–Crippen MR) is 91.1 cm³/mol. The number of hydrogen-bond acceptors (Lipinski definition) is 8. The van der Waals surface area contributed by atoms with Gasteiger partial charge in [-0.2, -0.15) is 0 Å². The molecule has 2 aliphatic carbocycles. The fourth-order valence-electron chi connectivity index (χ4n) is 4.65. The molecule has 1 aliphatic heterocycles. The third-order valence-electron chi connectivity index (χ3n) is 6.24. The van der Waals surface area contributed by atoms with Crippen LogP contribution in [0, 0.1) is 17.3 Å². The lowest BCUT2D eigenvalue weighted by Gasteiger charge is -2.51. The zero-order chi connectivity index (χ0) is 19.9. The van der Waals surface area contributed by atoms with Crippen molar-refractivity contribution in [3.63, 3.8) is 0 Å². The Bertz CT molecular complexity index is 637. The lowest BCUT2D eigenvalue weighted by atomic mass is 9.53. The molecule has 1 saturated heterocycles. The second-order valence-corrected chi connectivity index (χ2v) is 7.84. The van der Waals surface area contributed by atoms with Crippen molar-refractivity contribution in [3.8, 4) is 0 Å². The number of rotatable bonds is 6. The van der Waals surface area contributed by atoms with Gasteiger partial charge in [-0.15, -0.1) is 0 Å². The molecule has 0 amide bonds. The maximum Gasteiger partial charge on any atom is 0.335 e. The largest absolute Gasteiger partial charge is 0.479 e. The predicted octanol–water partition coefficient (Wildman–Crippen LogP) is -0.867. The van der Waals surface area contributed by atoms with E-state index in [0.29, 0.717) is 12.5 Å². The number of esters is 1. The third-order valence-corrected chi connectivity index (χ3v) is 6.24. The first-order valence-electron chi connectivity index (χ1n) is 9.24. The van der Waals surface area contributed by atoms with E-state index in [-0.39, 0.29) is 12.3 Å². The van der Waals surface area contributed by atoms with E-state index in [9.17, 15) is 24.9 Å². The molecule has 1 heterocycles. The molecule has 8 atom stereocenters. The van der Waals surface area contributed by atoms with Crippen LogP contribution in [-0.2, 0) is 19.1 Å². The van der Waals surface area contributed by atoms with Gasteiger partial charge < -0.3 is 35.6 Å². The highest BCUT2D eigenvalue weighted by atomic mass is 16.7. The van der Waals surface area contributed by atoms with Crippen LogP contribution in [0.5, 0.6) is 0 Å². The van der Waals surface area contributed by atoms with E-state index < -0.39 is 48.1 Å². The summed E-state index contributed by atoms with van der Waals surface area (Å²) in [5, 5.41) is 38.5. The van der Waals surface area contributed by atoms with Crippen molar-refractivity contribution in [2.75, 3.05) is 6.54 Å². The number of aliphatic hydroxyl groups is 3. The quantitative estimate of drug-likeness (QED) is 0.289. The molecule has 0 aromatic rings. The van der Waals surface area contributed by atoms with Gasteiger partial charge in [-0.25, -0.2) is 4.79 Å². The summed E-state index contributed by atoms with van der Waals surface area (Å²) < 4.78 is 10.1. The molecule has 0 bridgehead atoms. The van der Waals surface area contributed by atoms with Crippen molar-refractivity contribution in [2.45, 2.75) is 63.3 Å². The van der Waals surface area contributed by atoms with E-state index in [1.54, 1.807) is 0 Å². The lowest BCUT2D eigenvalue weighted by Crippen LogP contribution is -2.61. The van der Waals surface area contributed by atoms with Crippen molar-refractivity contribution < 1.29 is 39.5 Å². The Morgan fingerprint density at radius 3 is 2.59 bits per heavy atom. The molecule has 0 radical (unpaired) electrons. The fourth-order valence-corrected chi connectivity index (χ4v) is 4.65. The van der Waals surface area contributed by atoms with Gasteiger partial charge in [0.05, 0.1) is 6.42 Å². The lowest BCUT2D eigenvalue weighted by molar-refractivity contribution is -0.287. The Morgan fingerprint density at radius 2 is 2.00 bits per heavy atom. The van der Waals surface area contributed by atoms with E-state index in [2.05, 4.69) is 13.0 Å². The summed E-state index contributed by atoms with van der Waals surface area (Å²) in [5.41, 5.74) is 6.90. The van der Waals surface area contributed by atoms with Crippen LogP contribution >= 0.6 is 0 Å².